The van der Waals surface area contributed by atoms with Gasteiger partial charge in [0.2, 0.25) is 0 Å². The second-order valence-electron chi connectivity index (χ2n) is 13.1. The van der Waals surface area contributed by atoms with Crippen molar-refractivity contribution in [2.24, 2.45) is 40.4 Å². The minimum absolute atomic E-state index is 0.0461. The predicted octanol–water partition coefficient (Wildman–Crippen LogP) is 6.62. The number of aliphatic hydroxyl groups is 1. The molecule has 6 aliphatic rings. The van der Waals surface area contributed by atoms with Gasteiger partial charge in [-0.25, -0.2) is 9.78 Å². The quantitative estimate of drug-likeness (QED) is 0.404. The van der Waals surface area contributed by atoms with Crippen molar-refractivity contribution in [3.63, 3.8) is 0 Å². The lowest BCUT2D eigenvalue weighted by Crippen LogP contribution is -2.74. The molecule has 9 atom stereocenters. The first kappa shape index (κ1) is 22.2. The van der Waals surface area contributed by atoms with Gasteiger partial charge in [-0.2, -0.15) is 0 Å². The van der Waals surface area contributed by atoms with Crippen LogP contribution in [-0.2, 0) is 9.78 Å². The normalized spacial score (nSPS) is 54.1. The molecule has 2 spiro atoms. The van der Waals surface area contributed by atoms with Gasteiger partial charge in [0.25, 0.3) is 0 Å². The van der Waals surface area contributed by atoms with Crippen LogP contribution in [0.2, 0.25) is 0 Å². The molecular formula is C28H44O3. The van der Waals surface area contributed by atoms with E-state index in [1.807, 2.05) is 6.92 Å². The summed E-state index contributed by atoms with van der Waals surface area (Å²) in [4.78, 5) is 12.8. The van der Waals surface area contributed by atoms with Crippen LogP contribution in [0.3, 0.4) is 0 Å². The number of rotatable bonds is 4. The van der Waals surface area contributed by atoms with Gasteiger partial charge in [-0.3, -0.25) is 0 Å². The summed E-state index contributed by atoms with van der Waals surface area (Å²) in [5, 5.41) is 10.9. The summed E-state index contributed by atoms with van der Waals surface area (Å²) in [5.41, 5.74) is -1.10. The van der Waals surface area contributed by atoms with Gasteiger partial charge in [0, 0.05) is 23.7 Å². The van der Waals surface area contributed by atoms with E-state index in [2.05, 4.69) is 58.9 Å². The fourth-order valence-electron chi connectivity index (χ4n) is 8.92. The average Bonchev–Trinajstić information content (AvgIpc) is 3.05. The van der Waals surface area contributed by atoms with E-state index in [-0.39, 0.29) is 11.0 Å². The molecule has 31 heavy (non-hydrogen) atoms. The Labute approximate surface area is 189 Å². The highest BCUT2D eigenvalue weighted by Crippen LogP contribution is 2.73. The second kappa shape index (κ2) is 6.93. The van der Waals surface area contributed by atoms with Crippen molar-refractivity contribution in [1.82, 2.24) is 0 Å². The smallest absolute Gasteiger partial charge is 0.130 e. The third-order valence-electron chi connectivity index (χ3n) is 10.7. The highest BCUT2D eigenvalue weighted by Gasteiger charge is 2.74. The summed E-state index contributed by atoms with van der Waals surface area (Å²) < 4.78 is 0. The molecule has 6 rings (SSSR count). The number of hydrogen-bond donors (Lipinski definition) is 1. The minimum atomic E-state index is -0.677. The molecule has 0 amide bonds. The highest BCUT2D eigenvalue weighted by molar-refractivity contribution is 5.34. The van der Waals surface area contributed by atoms with Gasteiger partial charge in [-0.15, -0.1) is 0 Å². The fraction of sp³-hybridized carbons (Fsp3) is 0.857. The first-order valence-electron chi connectivity index (χ1n) is 12.9. The van der Waals surface area contributed by atoms with Crippen LogP contribution in [0.5, 0.6) is 0 Å². The Morgan fingerprint density at radius 2 is 1.74 bits per heavy atom. The van der Waals surface area contributed by atoms with E-state index in [4.69, 9.17) is 9.78 Å². The Bertz CT molecular complexity index is 783. The lowest BCUT2D eigenvalue weighted by molar-refractivity contribution is -0.500. The highest BCUT2D eigenvalue weighted by atomic mass is 17.2. The maximum absolute atomic E-state index is 10.9. The lowest BCUT2D eigenvalue weighted by Gasteiger charge is -2.70. The van der Waals surface area contributed by atoms with E-state index in [0.717, 1.165) is 18.8 Å². The van der Waals surface area contributed by atoms with Gasteiger partial charge in [0.1, 0.15) is 11.2 Å². The molecule has 0 aromatic carbocycles. The molecule has 3 nitrogen and oxygen atoms in total. The summed E-state index contributed by atoms with van der Waals surface area (Å²) in [7, 11) is 0. The zero-order valence-electron chi connectivity index (χ0n) is 20.6. The van der Waals surface area contributed by atoms with E-state index in [9.17, 15) is 5.11 Å². The molecule has 4 fully saturated rings. The van der Waals surface area contributed by atoms with Gasteiger partial charge >= 0.3 is 0 Å². The average molecular weight is 429 g/mol. The number of allylic oxidation sites excluding steroid dienone is 2. The van der Waals surface area contributed by atoms with E-state index < -0.39 is 11.2 Å². The maximum Gasteiger partial charge on any atom is 0.130 e. The zero-order chi connectivity index (χ0) is 22.3. The predicted molar refractivity (Wildman–Crippen MR) is 124 cm³/mol. The molecule has 3 saturated carbocycles. The minimum Gasteiger partial charge on any atom is -0.390 e. The van der Waals surface area contributed by atoms with Crippen molar-refractivity contribution in [3.05, 3.63) is 24.3 Å². The van der Waals surface area contributed by atoms with Gasteiger partial charge in [0.05, 0.1) is 5.60 Å². The first-order chi connectivity index (χ1) is 14.5. The molecule has 2 bridgehead atoms. The van der Waals surface area contributed by atoms with E-state index in [1.165, 1.54) is 32.1 Å². The molecule has 0 aromatic heterocycles. The SMILES string of the molecule is CC(C)CC=C[C@@H](C)[C@H]1CC[C@@H]2[C@]1(C)CC[C@@H]1[C@]23C=C[C@]2(C[C@@](C)(O)CC[C@]12C)OO3. The summed E-state index contributed by atoms with van der Waals surface area (Å²) in [5.74, 6) is 3.04. The van der Waals surface area contributed by atoms with Crippen LogP contribution in [0.1, 0.15) is 92.9 Å². The second-order valence-corrected chi connectivity index (χ2v) is 13.1. The van der Waals surface area contributed by atoms with E-state index >= 15 is 0 Å². The standard InChI is InChI=1S/C28H44O3/c1-19(2)8-7-9-20(3)21-10-11-22-25(21,5)13-12-23-26(6)15-14-24(4,29)18-27(26)16-17-28(22,23)31-30-27/h7,9,16-17,19-23,29H,8,10-15,18H2,1-6H3/t20-,21-,22-,23+,24+,25-,26-,27-,28+/m1/s1. The van der Waals surface area contributed by atoms with Crippen LogP contribution < -0.4 is 0 Å². The van der Waals surface area contributed by atoms with Crippen molar-refractivity contribution in [3.8, 4) is 0 Å². The Balaban J connectivity index is 1.46. The van der Waals surface area contributed by atoms with Crippen LogP contribution in [0.15, 0.2) is 24.3 Å². The van der Waals surface area contributed by atoms with Crippen LogP contribution >= 0.6 is 0 Å². The van der Waals surface area contributed by atoms with Crippen molar-refractivity contribution >= 4 is 0 Å². The monoisotopic (exact) mass is 428 g/mol. The molecule has 2 heterocycles. The topological polar surface area (TPSA) is 38.7 Å². The largest absolute Gasteiger partial charge is 0.390 e. The van der Waals surface area contributed by atoms with Crippen LogP contribution in [0.25, 0.3) is 0 Å². The fourth-order valence-corrected chi connectivity index (χ4v) is 8.92. The van der Waals surface area contributed by atoms with E-state index in [0.29, 0.717) is 35.5 Å². The molecule has 1 saturated heterocycles. The van der Waals surface area contributed by atoms with Crippen molar-refractivity contribution in [2.75, 3.05) is 0 Å². The third kappa shape index (κ3) is 2.95. The van der Waals surface area contributed by atoms with Gasteiger partial charge in [-0.05, 0) is 81.1 Å². The van der Waals surface area contributed by atoms with Gasteiger partial charge in [0.15, 0.2) is 0 Å². The van der Waals surface area contributed by atoms with Gasteiger partial charge < -0.3 is 5.11 Å². The zero-order valence-corrected chi connectivity index (χ0v) is 20.6. The molecule has 0 radical (unpaired) electrons. The summed E-state index contributed by atoms with van der Waals surface area (Å²) in [6.45, 7) is 14.0. The van der Waals surface area contributed by atoms with Crippen LogP contribution in [0.4, 0.5) is 0 Å². The molecular weight excluding hydrogens is 384 g/mol. The summed E-state index contributed by atoms with van der Waals surface area (Å²) in [6.07, 6.45) is 18.3. The molecule has 0 aromatic rings. The van der Waals surface area contributed by atoms with Crippen LogP contribution in [-0.4, -0.2) is 21.9 Å². The van der Waals surface area contributed by atoms with Crippen LogP contribution in [0, 0.1) is 40.4 Å². The number of hydrogen-bond acceptors (Lipinski definition) is 3. The lowest BCUT2D eigenvalue weighted by atomic mass is 9.42. The Kier molecular flexibility index (Phi) is 4.96. The maximum atomic E-state index is 10.9. The molecule has 0 unspecified atom stereocenters. The summed E-state index contributed by atoms with van der Waals surface area (Å²) in [6, 6.07) is 0. The van der Waals surface area contributed by atoms with Crippen molar-refractivity contribution in [2.45, 2.75) is 110 Å². The van der Waals surface area contributed by atoms with Gasteiger partial charge in [-0.1, -0.05) is 52.8 Å². The van der Waals surface area contributed by atoms with Crippen molar-refractivity contribution in [1.29, 1.82) is 0 Å². The Morgan fingerprint density at radius 1 is 0.968 bits per heavy atom. The van der Waals surface area contributed by atoms with E-state index in [1.54, 1.807) is 0 Å². The Morgan fingerprint density at radius 3 is 2.42 bits per heavy atom. The third-order valence-corrected chi connectivity index (χ3v) is 10.7. The molecule has 2 aliphatic heterocycles. The number of fused-ring (bicyclic) bond motifs is 2. The molecule has 3 heteroatoms. The van der Waals surface area contributed by atoms with Crippen molar-refractivity contribution < 1.29 is 14.9 Å². The Hall–Kier alpha value is -0.640. The molecule has 174 valence electrons. The summed E-state index contributed by atoms with van der Waals surface area (Å²) >= 11 is 0. The molecule has 1 N–H and O–H groups in total. The first-order valence-corrected chi connectivity index (χ1v) is 12.9. The molecule has 4 aliphatic carbocycles.